The van der Waals surface area contributed by atoms with E-state index in [1.54, 1.807) is 0 Å². The lowest BCUT2D eigenvalue weighted by Gasteiger charge is -2.61. The van der Waals surface area contributed by atoms with Crippen molar-refractivity contribution in [1.29, 1.82) is 0 Å². The number of aliphatic hydroxyl groups excluding tert-OH is 1. The Kier molecular flexibility index (Phi) is 4.51. The minimum Gasteiger partial charge on any atom is -0.481 e. The minimum absolute atomic E-state index is 0.0977. The average Bonchev–Trinajstić information content (AvgIpc) is 2.99. The van der Waals surface area contributed by atoms with Gasteiger partial charge in [0.15, 0.2) is 0 Å². The standard InChI is InChI=1S/C24H40O3/c1-15(4-9-22(26)27)19-7-8-20-18-6-5-16-14-17(25)10-12-23(16,2)21(18)11-13-24(19,20)3/h15-21,25H,4-14H2,1-3H3,(H,26,27)/t15-,16+,17+,18+,19-,20+,21+,23+,24-/m1/s1/i9D2. The third-order valence-electron chi connectivity index (χ3n) is 9.97. The van der Waals surface area contributed by atoms with E-state index >= 15 is 0 Å². The average molecular weight is 379 g/mol. The van der Waals surface area contributed by atoms with E-state index in [2.05, 4.69) is 20.8 Å². The van der Waals surface area contributed by atoms with Crippen molar-refractivity contribution < 1.29 is 17.7 Å². The number of hydrogen-bond donors (Lipinski definition) is 2. The Labute approximate surface area is 168 Å². The Hall–Kier alpha value is -0.570. The largest absolute Gasteiger partial charge is 0.481 e. The molecular weight excluding hydrogens is 336 g/mol. The molecule has 4 aliphatic rings. The van der Waals surface area contributed by atoms with Crippen LogP contribution < -0.4 is 0 Å². The summed E-state index contributed by atoms with van der Waals surface area (Å²) in [4.78, 5) is 11.3. The normalized spacial score (nSPS) is 52.0. The quantitative estimate of drug-likeness (QED) is 0.678. The van der Waals surface area contributed by atoms with Gasteiger partial charge in [0, 0.05) is 9.11 Å². The molecule has 0 amide bonds. The van der Waals surface area contributed by atoms with Crippen LogP contribution in [0.5, 0.6) is 0 Å². The first-order valence-electron chi connectivity index (χ1n) is 12.4. The van der Waals surface area contributed by atoms with Crippen molar-refractivity contribution in [2.24, 2.45) is 46.3 Å². The summed E-state index contributed by atoms with van der Waals surface area (Å²) >= 11 is 0. The third-order valence-corrected chi connectivity index (χ3v) is 9.97. The highest BCUT2D eigenvalue weighted by molar-refractivity contribution is 5.66. The van der Waals surface area contributed by atoms with Crippen molar-refractivity contribution in [2.45, 2.75) is 97.5 Å². The number of hydrogen-bond acceptors (Lipinski definition) is 2. The number of carboxylic acid groups (broad SMARTS) is 1. The fraction of sp³-hybridized carbons (Fsp3) is 0.958. The van der Waals surface area contributed by atoms with E-state index in [0.29, 0.717) is 23.2 Å². The Balaban J connectivity index is 1.52. The summed E-state index contributed by atoms with van der Waals surface area (Å²) in [6.07, 6.45) is 8.38. The van der Waals surface area contributed by atoms with Gasteiger partial charge in [-0.1, -0.05) is 20.8 Å². The van der Waals surface area contributed by atoms with Crippen molar-refractivity contribution in [2.75, 3.05) is 0 Å². The van der Waals surface area contributed by atoms with Crippen LogP contribution in [0, 0.1) is 46.3 Å². The van der Waals surface area contributed by atoms with Gasteiger partial charge in [-0.25, -0.2) is 0 Å². The van der Waals surface area contributed by atoms with Gasteiger partial charge in [-0.3, -0.25) is 4.79 Å². The van der Waals surface area contributed by atoms with Gasteiger partial charge < -0.3 is 10.2 Å². The first-order chi connectivity index (χ1) is 13.5. The third kappa shape index (κ3) is 3.16. The molecule has 4 fully saturated rings. The molecule has 0 spiro atoms. The summed E-state index contributed by atoms with van der Waals surface area (Å²) < 4.78 is 15.8. The molecule has 0 unspecified atom stereocenters. The molecule has 2 N–H and O–H groups in total. The van der Waals surface area contributed by atoms with Crippen LogP contribution in [-0.4, -0.2) is 22.3 Å². The second-order valence-corrected chi connectivity index (χ2v) is 11.0. The van der Waals surface area contributed by atoms with Crippen LogP contribution in [-0.2, 0) is 4.79 Å². The maximum atomic E-state index is 11.3. The van der Waals surface area contributed by atoms with Crippen LogP contribution in [0.15, 0.2) is 0 Å². The van der Waals surface area contributed by atoms with Gasteiger partial charge in [-0.15, -0.1) is 0 Å². The summed E-state index contributed by atoms with van der Waals surface area (Å²) in [5.41, 5.74) is 0.612. The first-order valence-corrected chi connectivity index (χ1v) is 11.4. The maximum absolute atomic E-state index is 11.3. The van der Waals surface area contributed by atoms with Crippen LogP contribution in [0.25, 0.3) is 0 Å². The summed E-state index contributed by atoms with van der Waals surface area (Å²) in [7, 11) is 0. The number of aliphatic hydroxyl groups is 1. The van der Waals surface area contributed by atoms with Crippen LogP contribution >= 0.6 is 0 Å². The second-order valence-electron chi connectivity index (χ2n) is 11.0. The van der Waals surface area contributed by atoms with Gasteiger partial charge in [0.05, 0.1) is 6.10 Å². The Morgan fingerprint density at radius 1 is 1.07 bits per heavy atom. The lowest BCUT2D eigenvalue weighted by molar-refractivity contribution is -0.138. The van der Waals surface area contributed by atoms with Crippen molar-refractivity contribution in [1.82, 2.24) is 0 Å². The van der Waals surface area contributed by atoms with Crippen LogP contribution in [0.1, 0.15) is 94.1 Å². The molecule has 0 aliphatic heterocycles. The SMILES string of the molecule is [2H]C([2H])(C[C@@H](C)[C@H]1CC[C@H]2[C@@H]3CC[C@H]4C[C@@H](O)CC[C@]4(C)[C@H]3CC[C@]12C)C(=O)O. The number of carboxylic acids is 1. The Bertz CT molecular complexity index is 652. The molecule has 3 nitrogen and oxygen atoms in total. The second kappa shape index (κ2) is 7.04. The molecule has 3 heteroatoms. The van der Waals surface area contributed by atoms with E-state index in [9.17, 15) is 15.0 Å². The van der Waals surface area contributed by atoms with E-state index in [1.165, 1.54) is 38.5 Å². The molecule has 0 heterocycles. The molecule has 4 rings (SSSR count). The maximum Gasteiger partial charge on any atom is 0.303 e. The molecule has 0 aromatic carbocycles. The molecule has 0 radical (unpaired) electrons. The van der Waals surface area contributed by atoms with Crippen molar-refractivity contribution in [3.05, 3.63) is 0 Å². The molecule has 0 bridgehead atoms. The van der Waals surface area contributed by atoms with Gasteiger partial charge in [0.1, 0.15) is 0 Å². The molecule has 27 heavy (non-hydrogen) atoms. The fourth-order valence-electron chi connectivity index (χ4n) is 8.60. The minimum atomic E-state index is -2.13. The first kappa shape index (κ1) is 17.3. The lowest BCUT2D eigenvalue weighted by Crippen LogP contribution is -2.54. The molecule has 0 aromatic rings. The summed E-state index contributed by atoms with van der Waals surface area (Å²) in [5, 5.41) is 19.5. The molecule has 0 saturated heterocycles. The Morgan fingerprint density at radius 2 is 1.78 bits per heavy atom. The molecule has 4 saturated carbocycles. The molecule has 154 valence electrons. The van der Waals surface area contributed by atoms with Crippen molar-refractivity contribution in [3.8, 4) is 0 Å². The Morgan fingerprint density at radius 3 is 2.52 bits per heavy atom. The molecule has 4 aliphatic carbocycles. The molecule has 9 atom stereocenters. The van der Waals surface area contributed by atoms with E-state index in [0.717, 1.165) is 31.1 Å². The van der Waals surface area contributed by atoms with Crippen molar-refractivity contribution >= 4 is 5.97 Å². The lowest BCUT2D eigenvalue weighted by atomic mass is 9.44. The fourth-order valence-corrected chi connectivity index (χ4v) is 8.60. The molecular formula is C24H40O3. The molecule has 0 aromatic heterocycles. The van der Waals surface area contributed by atoms with Crippen LogP contribution in [0.4, 0.5) is 0 Å². The van der Waals surface area contributed by atoms with E-state index in [1.807, 2.05) is 0 Å². The highest BCUT2D eigenvalue weighted by Crippen LogP contribution is 2.68. The summed E-state index contributed by atoms with van der Waals surface area (Å²) in [6.45, 7) is 7.04. The smallest absolute Gasteiger partial charge is 0.303 e. The zero-order valence-corrected chi connectivity index (χ0v) is 17.4. The summed E-state index contributed by atoms with van der Waals surface area (Å²) in [6, 6.07) is 0. The monoisotopic (exact) mass is 378 g/mol. The number of rotatable bonds is 4. The topological polar surface area (TPSA) is 57.5 Å². The van der Waals surface area contributed by atoms with Gasteiger partial charge >= 0.3 is 5.97 Å². The van der Waals surface area contributed by atoms with Gasteiger partial charge in [-0.2, -0.15) is 0 Å². The van der Waals surface area contributed by atoms with Gasteiger partial charge in [0.2, 0.25) is 0 Å². The predicted octanol–water partition coefficient (Wildman–Crippen LogP) is 5.51. The zero-order chi connectivity index (χ0) is 21.2. The van der Waals surface area contributed by atoms with Crippen molar-refractivity contribution in [3.63, 3.8) is 0 Å². The van der Waals surface area contributed by atoms with E-state index < -0.39 is 12.3 Å². The van der Waals surface area contributed by atoms with E-state index in [-0.39, 0.29) is 23.9 Å². The van der Waals surface area contributed by atoms with Gasteiger partial charge in [0.25, 0.3) is 0 Å². The van der Waals surface area contributed by atoms with Crippen LogP contribution in [0.3, 0.4) is 0 Å². The predicted molar refractivity (Wildman–Crippen MR) is 107 cm³/mol. The van der Waals surface area contributed by atoms with Crippen LogP contribution in [0.2, 0.25) is 0 Å². The zero-order valence-electron chi connectivity index (χ0n) is 19.4. The van der Waals surface area contributed by atoms with E-state index in [4.69, 9.17) is 2.74 Å². The summed E-state index contributed by atoms with van der Waals surface area (Å²) in [5.74, 6) is 2.12. The number of aliphatic carboxylic acids is 1. The highest BCUT2D eigenvalue weighted by atomic mass is 16.4. The number of fused-ring (bicyclic) bond motifs is 5. The number of carbonyl (C=O) groups is 1. The van der Waals surface area contributed by atoms with Gasteiger partial charge in [-0.05, 0) is 111 Å². The highest BCUT2D eigenvalue weighted by Gasteiger charge is 2.60.